The molecule has 2 heterocycles. The Morgan fingerprint density at radius 3 is 2.33 bits per heavy atom. The number of aromatic nitrogens is 2. The number of anilines is 1. The Balaban J connectivity index is 1.91. The van der Waals surface area contributed by atoms with E-state index in [4.69, 9.17) is 0 Å². The van der Waals surface area contributed by atoms with Crippen LogP contribution in [0.15, 0.2) is 0 Å². The van der Waals surface area contributed by atoms with Crippen molar-refractivity contribution in [2.24, 2.45) is 7.05 Å². The Kier molecular flexibility index (Phi) is 5.82. The van der Waals surface area contributed by atoms with Gasteiger partial charge in [0.1, 0.15) is 0 Å². The number of urea groups is 1. The monoisotopic (exact) mass is 336 g/mol. The van der Waals surface area contributed by atoms with E-state index in [1.165, 1.54) is 0 Å². The van der Waals surface area contributed by atoms with E-state index in [2.05, 4.69) is 20.6 Å². The predicted molar refractivity (Wildman–Crippen MR) is 93.0 cm³/mol. The van der Waals surface area contributed by atoms with Gasteiger partial charge in [-0.25, -0.2) is 4.79 Å². The molecule has 1 atom stereocenters. The van der Waals surface area contributed by atoms with Gasteiger partial charge in [0, 0.05) is 39.8 Å². The van der Waals surface area contributed by atoms with Crippen molar-refractivity contribution < 1.29 is 9.59 Å². The van der Waals surface area contributed by atoms with E-state index in [0.717, 1.165) is 17.1 Å². The van der Waals surface area contributed by atoms with Crippen LogP contribution in [0.5, 0.6) is 0 Å². The van der Waals surface area contributed by atoms with Gasteiger partial charge in [0.25, 0.3) is 0 Å². The highest BCUT2D eigenvalue weighted by atomic mass is 16.2. The van der Waals surface area contributed by atoms with Crippen molar-refractivity contribution in [3.05, 3.63) is 11.4 Å². The lowest BCUT2D eigenvalue weighted by atomic mass is 10.2. The maximum Gasteiger partial charge on any atom is 0.317 e. The molecule has 1 aromatic heterocycles. The van der Waals surface area contributed by atoms with Crippen LogP contribution in [0.4, 0.5) is 10.5 Å². The van der Waals surface area contributed by atoms with Crippen molar-refractivity contribution in [2.45, 2.75) is 33.7 Å². The summed E-state index contributed by atoms with van der Waals surface area (Å²) in [6.07, 6.45) is 0. The van der Waals surface area contributed by atoms with Gasteiger partial charge in [-0.1, -0.05) is 0 Å². The van der Waals surface area contributed by atoms with Crippen LogP contribution in [0.2, 0.25) is 0 Å². The van der Waals surface area contributed by atoms with Gasteiger partial charge >= 0.3 is 6.03 Å². The first-order valence-corrected chi connectivity index (χ1v) is 8.43. The molecular formula is C16H28N6O2. The van der Waals surface area contributed by atoms with Crippen LogP contribution in [0, 0.1) is 13.8 Å². The second-order valence-electron chi connectivity index (χ2n) is 6.19. The van der Waals surface area contributed by atoms with Crippen molar-refractivity contribution >= 4 is 17.6 Å². The van der Waals surface area contributed by atoms with E-state index >= 15 is 0 Å². The van der Waals surface area contributed by atoms with E-state index < -0.39 is 0 Å². The number of hydrogen-bond donors (Lipinski definition) is 2. The molecule has 1 saturated heterocycles. The van der Waals surface area contributed by atoms with Crippen LogP contribution >= 0.6 is 0 Å². The zero-order chi connectivity index (χ0) is 17.9. The maximum absolute atomic E-state index is 12.6. The molecule has 134 valence electrons. The highest BCUT2D eigenvalue weighted by Crippen LogP contribution is 2.19. The Bertz CT molecular complexity index is 604. The van der Waals surface area contributed by atoms with Crippen LogP contribution < -0.4 is 10.6 Å². The predicted octanol–water partition coefficient (Wildman–Crippen LogP) is 0.711. The first kappa shape index (κ1) is 18.3. The summed E-state index contributed by atoms with van der Waals surface area (Å²) < 4.78 is 1.76. The smallest absolute Gasteiger partial charge is 0.317 e. The number of piperazine rings is 1. The Hall–Kier alpha value is -2.09. The molecule has 0 aromatic carbocycles. The first-order valence-electron chi connectivity index (χ1n) is 8.43. The van der Waals surface area contributed by atoms with E-state index in [1.54, 1.807) is 9.58 Å². The van der Waals surface area contributed by atoms with Gasteiger partial charge in [0.05, 0.1) is 23.1 Å². The summed E-state index contributed by atoms with van der Waals surface area (Å²) in [5, 5.41) is 10.1. The Labute approximate surface area is 143 Å². The highest BCUT2D eigenvalue weighted by molar-refractivity contribution is 5.95. The fraction of sp³-hybridized carbons (Fsp3) is 0.688. The number of carbonyl (C=O) groups excluding carboxylic acids is 2. The normalized spacial score (nSPS) is 16.8. The third-order valence-electron chi connectivity index (χ3n) is 4.61. The summed E-state index contributed by atoms with van der Waals surface area (Å²) in [6.45, 7) is 10.9. The van der Waals surface area contributed by atoms with Crippen molar-refractivity contribution in [3.63, 3.8) is 0 Å². The number of nitrogens with one attached hydrogen (secondary N) is 2. The lowest BCUT2D eigenvalue weighted by Gasteiger charge is -2.37. The number of amides is 3. The second kappa shape index (κ2) is 7.65. The summed E-state index contributed by atoms with van der Waals surface area (Å²) >= 11 is 0. The van der Waals surface area contributed by atoms with Crippen molar-refractivity contribution in [2.75, 3.05) is 38.0 Å². The largest absolute Gasteiger partial charge is 0.338 e. The molecule has 24 heavy (non-hydrogen) atoms. The van der Waals surface area contributed by atoms with Crippen LogP contribution in [0.1, 0.15) is 25.2 Å². The van der Waals surface area contributed by atoms with E-state index in [-0.39, 0.29) is 18.0 Å². The minimum atomic E-state index is -0.250. The molecule has 1 fully saturated rings. The summed E-state index contributed by atoms with van der Waals surface area (Å²) in [5.74, 6) is -0.0411. The molecule has 8 heteroatoms. The quantitative estimate of drug-likeness (QED) is 0.848. The standard InChI is InChI=1S/C16H28N6O2/c1-6-17-16(24)22-9-7-21(8-10-22)13(4)15(23)18-14-11(2)19-20(5)12(14)3/h13H,6-10H2,1-5H3,(H,17,24)(H,18,23). The SMILES string of the molecule is CCNC(=O)N1CCN(C(C)C(=O)Nc2c(C)nn(C)c2C)CC1. The van der Waals surface area contributed by atoms with Gasteiger partial charge in [-0.2, -0.15) is 5.10 Å². The van der Waals surface area contributed by atoms with E-state index in [9.17, 15) is 9.59 Å². The third kappa shape index (κ3) is 3.87. The van der Waals surface area contributed by atoms with Gasteiger partial charge in [0.2, 0.25) is 5.91 Å². The summed E-state index contributed by atoms with van der Waals surface area (Å²) in [4.78, 5) is 28.3. The van der Waals surface area contributed by atoms with E-state index in [0.29, 0.717) is 32.7 Å². The zero-order valence-corrected chi connectivity index (χ0v) is 15.2. The van der Waals surface area contributed by atoms with Gasteiger partial charge in [-0.15, -0.1) is 0 Å². The molecule has 0 aliphatic carbocycles. The van der Waals surface area contributed by atoms with Crippen molar-refractivity contribution in [1.82, 2.24) is 24.9 Å². The van der Waals surface area contributed by atoms with Gasteiger partial charge in [-0.05, 0) is 27.7 Å². The molecule has 1 aliphatic rings. The Morgan fingerprint density at radius 2 is 1.83 bits per heavy atom. The van der Waals surface area contributed by atoms with Gasteiger partial charge in [0.15, 0.2) is 0 Å². The second-order valence-corrected chi connectivity index (χ2v) is 6.19. The molecule has 1 aliphatic heterocycles. The minimum absolute atomic E-state index is 0.0316. The van der Waals surface area contributed by atoms with Gasteiger partial charge in [-0.3, -0.25) is 14.4 Å². The first-order chi connectivity index (χ1) is 11.3. The molecule has 1 unspecified atom stereocenters. The number of carbonyl (C=O) groups is 2. The summed E-state index contributed by atoms with van der Waals surface area (Å²) in [5.41, 5.74) is 2.54. The molecule has 0 bridgehead atoms. The van der Waals surface area contributed by atoms with Crippen LogP contribution in [-0.2, 0) is 11.8 Å². The topological polar surface area (TPSA) is 82.5 Å². The lowest BCUT2D eigenvalue weighted by molar-refractivity contribution is -0.121. The number of rotatable bonds is 4. The van der Waals surface area contributed by atoms with Crippen LogP contribution in [0.25, 0.3) is 0 Å². The van der Waals surface area contributed by atoms with Gasteiger partial charge < -0.3 is 15.5 Å². The lowest BCUT2D eigenvalue weighted by Crippen LogP contribution is -2.55. The van der Waals surface area contributed by atoms with Crippen LogP contribution in [0.3, 0.4) is 0 Å². The molecule has 0 spiro atoms. The molecular weight excluding hydrogens is 308 g/mol. The van der Waals surface area contributed by atoms with Crippen molar-refractivity contribution in [3.8, 4) is 0 Å². The fourth-order valence-electron chi connectivity index (χ4n) is 2.92. The van der Waals surface area contributed by atoms with E-state index in [1.807, 2.05) is 34.7 Å². The average molecular weight is 336 g/mol. The summed E-state index contributed by atoms with van der Waals surface area (Å²) in [7, 11) is 1.86. The summed E-state index contributed by atoms with van der Waals surface area (Å²) in [6, 6.07) is -0.281. The number of aryl methyl sites for hydroxylation is 2. The molecule has 2 rings (SSSR count). The number of nitrogens with zero attached hydrogens (tertiary/aromatic N) is 4. The maximum atomic E-state index is 12.6. The molecule has 2 N–H and O–H groups in total. The average Bonchev–Trinajstić information content (AvgIpc) is 2.80. The van der Waals surface area contributed by atoms with Crippen LogP contribution in [-0.4, -0.2) is 70.3 Å². The highest BCUT2D eigenvalue weighted by Gasteiger charge is 2.28. The zero-order valence-electron chi connectivity index (χ0n) is 15.2. The number of hydrogen-bond acceptors (Lipinski definition) is 4. The Morgan fingerprint density at radius 1 is 1.21 bits per heavy atom. The van der Waals surface area contributed by atoms with Crippen molar-refractivity contribution in [1.29, 1.82) is 0 Å². The molecule has 1 aromatic rings. The third-order valence-corrected chi connectivity index (χ3v) is 4.61. The molecule has 0 saturated carbocycles. The molecule has 8 nitrogen and oxygen atoms in total. The minimum Gasteiger partial charge on any atom is -0.338 e. The fourth-order valence-corrected chi connectivity index (χ4v) is 2.92. The molecule has 0 radical (unpaired) electrons. The molecule has 3 amide bonds.